The number of benzene rings is 1. The zero-order valence-electron chi connectivity index (χ0n) is 20.7. The first-order valence-electron chi connectivity index (χ1n) is 11.9. The third-order valence-corrected chi connectivity index (χ3v) is 6.04. The molecule has 178 valence electrons. The molecule has 1 aromatic carbocycles. The number of nitrogen functional groups attached to an aromatic ring is 1. The molecule has 0 aliphatic carbocycles. The fourth-order valence-electron chi connectivity index (χ4n) is 4.06. The number of ether oxygens (including phenoxy) is 1. The molecule has 2 aromatic heterocycles. The summed E-state index contributed by atoms with van der Waals surface area (Å²) in [6, 6.07) is 9.77. The SMILES string of the molecule is [B]C([B])([B])N1CCC(n2cc(-c3cnc(N)c(OCc4cccc(C#CC(C)(C)O)c4)c3)cn2)CC1. The molecule has 1 aliphatic rings. The first-order valence-corrected chi connectivity index (χ1v) is 11.9. The van der Waals surface area contributed by atoms with Crippen LogP contribution >= 0.6 is 0 Å². The van der Waals surface area contributed by atoms with Crippen molar-refractivity contribution in [2.45, 2.75) is 50.2 Å². The normalized spacial score (nSPS) is 15.3. The monoisotopic (exact) mass is 475 g/mol. The minimum Gasteiger partial charge on any atom is -0.485 e. The van der Waals surface area contributed by atoms with E-state index in [4.69, 9.17) is 34.0 Å². The summed E-state index contributed by atoms with van der Waals surface area (Å²) < 4.78 is 7.97. The van der Waals surface area contributed by atoms with E-state index < -0.39 is 10.8 Å². The lowest BCUT2D eigenvalue weighted by Crippen LogP contribution is -2.53. The fraction of sp³-hybridized carbons (Fsp3) is 0.385. The molecule has 0 spiro atoms. The number of aromatic nitrogens is 3. The molecular formula is C26H28B3N5O2. The van der Waals surface area contributed by atoms with Gasteiger partial charge < -0.3 is 20.5 Å². The standard InChI is InChI=1S/C26H28B3N5O2/c1-25(2,35)9-6-18-4-3-5-19(12-18)17-36-23-13-20(14-31-24(23)30)21-15-32-34(16-21)22-7-10-33(11-8-22)26(27,28)29/h3-5,12-16,22,35H,7-8,10-11,17H2,1-2H3,(H2,30,31). The van der Waals surface area contributed by atoms with Gasteiger partial charge in [-0.2, -0.15) is 5.10 Å². The van der Waals surface area contributed by atoms with Crippen LogP contribution in [0, 0.1) is 11.8 Å². The lowest BCUT2D eigenvalue weighted by Gasteiger charge is -2.42. The average Bonchev–Trinajstić information content (AvgIpc) is 3.32. The topological polar surface area (TPSA) is 89.4 Å². The number of anilines is 1. The number of hydrogen-bond acceptors (Lipinski definition) is 6. The van der Waals surface area contributed by atoms with E-state index in [1.165, 1.54) is 0 Å². The summed E-state index contributed by atoms with van der Waals surface area (Å²) in [7, 11) is 17.4. The predicted octanol–water partition coefficient (Wildman–Crippen LogP) is 1.98. The number of nitrogens with zero attached hydrogens (tertiary/aromatic N) is 4. The molecule has 1 aliphatic heterocycles. The van der Waals surface area contributed by atoms with Crippen LogP contribution < -0.4 is 10.5 Å². The Morgan fingerprint density at radius 3 is 2.58 bits per heavy atom. The second kappa shape index (κ2) is 10.5. The minimum atomic E-state index is -1.29. The average molecular weight is 475 g/mol. The Bertz CT molecular complexity index is 1260. The van der Waals surface area contributed by atoms with E-state index in [1.807, 2.05) is 52.3 Å². The molecule has 1 fully saturated rings. The molecule has 36 heavy (non-hydrogen) atoms. The van der Waals surface area contributed by atoms with Gasteiger partial charge in [-0.1, -0.05) is 29.2 Å². The first-order chi connectivity index (χ1) is 17.0. The van der Waals surface area contributed by atoms with Crippen molar-refractivity contribution < 1.29 is 9.84 Å². The maximum Gasteiger partial charge on any atom is 0.166 e. The fourth-order valence-corrected chi connectivity index (χ4v) is 4.06. The van der Waals surface area contributed by atoms with Gasteiger partial charge in [-0.05, 0) is 63.5 Å². The van der Waals surface area contributed by atoms with Gasteiger partial charge in [-0.3, -0.25) is 4.68 Å². The Balaban J connectivity index is 1.43. The van der Waals surface area contributed by atoms with Crippen molar-refractivity contribution in [2.75, 3.05) is 18.8 Å². The lowest BCUT2D eigenvalue weighted by atomic mass is 9.48. The Labute approximate surface area is 216 Å². The van der Waals surface area contributed by atoms with Gasteiger partial charge in [0, 0.05) is 29.1 Å². The molecule has 3 N–H and O–H groups in total. The van der Waals surface area contributed by atoms with Crippen LogP contribution in [0.3, 0.4) is 0 Å². The van der Waals surface area contributed by atoms with Crippen LogP contribution in [0.25, 0.3) is 11.1 Å². The van der Waals surface area contributed by atoms with Crippen LogP contribution in [0.1, 0.15) is 43.9 Å². The zero-order valence-corrected chi connectivity index (χ0v) is 20.7. The van der Waals surface area contributed by atoms with E-state index in [-0.39, 0.29) is 6.04 Å². The largest absolute Gasteiger partial charge is 0.485 e. The summed E-state index contributed by atoms with van der Waals surface area (Å²) in [5.74, 6) is 6.60. The molecule has 10 heteroatoms. The van der Waals surface area contributed by atoms with Crippen LogP contribution in [0.2, 0.25) is 0 Å². The van der Waals surface area contributed by atoms with Gasteiger partial charge in [0.15, 0.2) is 11.6 Å². The molecule has 0 atom stereocenters. The molecule has 1 saturated heterocycles. The number of aliphatic hydroxyl groups is 1. The highest BCUT2D eigenvalue weighted by atomic mass is 16.5. The highest BCUT2D eigenvalue weighted by molar-refractivity contribution is 6.59. The molecule has 3 aromatic rings. The highest BCUT2D eigenvalue weighted by Gasteiger charge is 2.27. The summed E-state index contributed by atoms with van der Waals surface area (Å²) in [5, 5.41) is 13.1. The van der Waals surface area contributed by atoms with Crippen molar-refractivity contribution >= 4 is 29.4 Å². The molecule has 0 amide bonds. The van der Waals surface area contributed by atoms with Crippen molar-refractivity contribution in [1.82, 2.24) is 19.7 Å². The minimum absolute atomic E-state index is 0.238. The summed E-state index contributed by atoms with van der Waals surface area (Å²) in [5.41, 5.74) is 8.54. The van der Waals surface area contributed by atoms with Crippen molar-refractivity contribution in [3.63, 3.8) is 0 Å². The van der Waals surface area contributed by atoms with Crippen molar-refractivity contribution in [2.24, 2.45) is 0 Å². The summed E-state index contributed by atoms with van der Waals surface area (Å²) in [6.07, 6.45) is 7.23. The molecule has 3 heterocycles. The van der Waals surface area contributed by atoms with Crippen LogP contribution in [-0.4, -0.2) is 72.2 Å². The molecule has 7 nitrogen and oxygen atoms in total. The number of likely N-dealkylation sites (tertiary alicyclic amines) is 1. The van der Waals surface area contributed by atoms with Crippen LogP contribution in [0.4, 0.5) is 5.82 Å². The number of rotatable bonds is 6. The van der Waals surface area contributed by atoms with E-state index in [1.54, 1.807) is 20.0 Å². The van der Waals surface area contributed by atoms with Gasteiger partial charge in [0.2, 0.25) is 0 Å². The van der Waals surface area contributed by atoms with Crippen LogP contribution in [0.15, 0.2) is 48.9 Å². The molecular weight excluding hydrogens is 447 g/mol. The van der Waals surface area contributed by atoms with E-state index in [9.17, 15) is 5.11 Å². The van der Waals surface area contributed by atoms with Gasteiger partial charge in [-0.15, -0.1) is 0 Å². The third kappa shape index (κ3) is 6.74. The van der Waals surface area contributed by atoms with Gasteiger partial charge in [0.05, 0.1) is 35.8 Å². The van der Waals surface area contributed by atoms with Gasteiger partial charge in [0.1, 0.15) is 12.2 Å². The van der Waals surface area contributed by atoms with Gasteiger partial charge in [0.25, 0.3) is 0 Å². The number of nitrogens with two attached hydrogens (primary N) is 1. The Morgan fingerprint density at radius 2 is 1.89 bits per heavy atom. The Hall–Kier alpha value is -3.15. The van der Waals surface area contributed by atoms with Crippen molar-refractivity contribution in [1.29, 1.82) is 0 Å². The maximum atomic E-state index is 9.83. The Morgan fingerprint density at radius 1 is 1.14 bits per heavy atom. The second-order valence-electron chi connectivity index (χ2n) is 9.72. The van der Waals surface area contributed by atoms with E-state index >= 15 is 0 Å². The third-order valence-electron chi connectivity index (χ3n) is 6.04. The maximum absolute atomic E-state index is 9.83. The van der Waals surface area contributed by atoms with Crippen LogP contribution in [0.5, 0.6) is 5.75 Å². The zero-order chi connectivity index (χ0) is 25.9. The van der Waals surface area contributed by atoms with Gasteiger partial charge in [-0.25, -0.2) is 4.98 Å². The van der Waals surface area contributed by atoms with Crippen LogP contribution in [-0.2, 0) is 6.61 Å². The number of pyridine rings is 1. The van der Waals surface area contributed by atoms with Gasteiger partial charge >= 0.3 is 0 Å². The smallest absolute Gasteiger partial charge is 0.166 e. The highest BCUT2D eigenvalue weighted by Crippen LogP contribution is 2.30. The molecule has 0 unspecified atom stereocenters. The van der Waals surface area contributed by atoms with E-state index in [2.05, 4.69) is 21.9 Å². The molecule has 6 radical (unpaired) electrons. The summed E-state index contributed by atoms with van der Waals surface area (Å²) in [6.45, 7) is 5.01. The van der Waals surface area contributed by atoms with E-state index in [0.29, 0.717) is 31.3 Å². The van der Waals surface area contributed by atoms with Crippen molar-refractivity contribution in [3.05, 3.63) is 60.0 Å². The number of piperidine rings is 1. The second-order valence-corrected chi connectivity index (χ2v) is 9.72. The molecule has 0 saturated carbocycles. The van der Waals surface area contributed by atoms with Crippen molar-refractivity contribution in [3.8, 4) is 28.7 Å². The quantitative estimate of drug-likeness (QED) is 0.419. The Kier molecular flexibility index (Phi) is 7.53. The molecule has 0 bridgehead atoms. The summed E-state index contributed by atoms with van der Waals surface area (Å²) >= 11 is 0. The van der Waals surface area contributed by atoms with E-state index in [0.717, 1.165) is 35.1 Å². The summed E-state index contributed by atoms with van der Waals surface area (Å²) in [4.78, 5) is 6.19. The lowest BCUT2D eigenvalue weighted by molar-refractivity contribution is 0.143. The first kappa shape index (κ1) is 25.9. The molecule has 4 rings (SSSR count). The number of hydrogen-bond donors (Lipinski definition) is 2. The predicted molar refractivity (Wildman–Crippen MR) is 144 cm³/mol.